The summed E-state index contributed by atoms with van der Waals surface area (Å²) in [7, 11) is 0. The molecular formula is C20H18N4O4. The van der Waals surface area contributed by atoms with E-state index < -0.39 is 0 Å². The summed E-state index contributed by atoms with van der Waals surface area (Å²) < 4.78 is 10.4. The zero-order chi connectivity index (χ0) is 19.5. The lowest BCUT2D eigenvalue weighted by Gasteiger charge is -2.01. The molecule has 0 aliphatic carbocycles. The first-order valence-electron chi connectivity index (χ1n) is 8.84. The van der Waals surface area contributed by atoms with E-state index in [1.54, 1.807) is 24.5 Å². The Labute approximate surface area is 159 Å². The number of rotatable bonds is 6. The van der Waals surface area contributed by atoms with Gasteiger partial charge in [-0.1, -0.05) is 17.3 Å². The molecule has 0 fully saturated rings. The molecule has 28 heavy (non-hydrogen) atoms. The van der Waals surface area contributed by atoms with Gasteiger partial charge in [0.2, 0.25) is 17.6 Å². The lowest BCUT2D eigenvalue weighted by Crippen LogP contribution is -2.22. The smallest absolute Gasteiger partial charge is 0.259 e. The normalized spacial score (nSPS) is 11.0. The molecule has 142 valence electrons. The van der Waals surface area contributed by atoms with Crippen molar-refractivity contribution in [1.29, 1.82) is 0 Å². The molecular weight excluding hydrogens is 360 g/mol. The molecule has 0 aliphatic heterocycles. The Bertz CT molecular complexity index is 1170. The highest BCUT2D eigenvalue weighted by Gasteiger charge is 2.14. The molecule has 0 saturated carbocycles. The van der Waals surface area contributed by atoms with Gasteiger partial charge < -0.3 is 19.2 Å². The summed E-state index contributed by atoms with van der Waals surface area (Å²) in [6.07, 6.45) is 2.02. The Kier molecular flexibility index (Phi) is 4.76. The summed E-state index contributed by atoms with van der Waals surface area (Å²) in [5.74, 6) is 1.02. The van der Waals surface area contributed by atoms with Crippen LogP contribution in [0.5, 0.6) is 0 Å². The van der Waals surface area contributed by atoms with E-state index in [1.807, 2.05) is 25.1 Å². The Hall–Kier alpha value is -3.68. The summed E-state index contributed by atoms with van der Waals surface area (Å²) >= 11 is 0. The van der Waals surface area contributed by atoms with Crippen molar-refractivity contribution < 1.29 is 13.7 Å². The first-order valence-corrected chi connectivity index (χ1v) is 8.84. The average Bonchev–Trinajstić information content (AvgIpc) is 3.36. The zero-order valence-electron chi connectivity index (χ0n) is 15.2. The van der Waals surface area contributed by atoms with Crippen molar-refractivity contribution >= 4 is 16.8 Å². The predicted molar refractivity (Wildman–Crippen MR) is 101 cm³/mol. The first kappa shape index (κ1) is 17.7. The number of amides is 1. The topological polar surface area (TPSA) is 114 Å². The van der Waals surface area contributed by atoms with Crippen LogP contribution in [0, 0.1) is 6.92 Å². The predicted octanol–water partition coefficient (Wildman–Crippen LogP) is 2.73. The van der Waals surface area contributed by atoms with Gasteiger partial charge in [0, 0.05) is 18.4 Å². The molecule has 0 spiro atoms. The van der Waals surface area contributed by atoms with Gasteiger partial charge in [0.25, 0.3) is 5.56 Å². The van der Waals surface area contributed by atoms with Crippen molar-refractivity contribution in [2.24, 2.45) is 0 Å². The summed E-state index contributed by atoms with van der Waals surface area (Å²) in [5.41, 5.74) is 1.85. The molecule has 0 bridgehead atoms. The Balaban J connectivity index is 1.43. The fourth-order valence-electron chi connectivity index (χ4n) is 2.85. The third kappa shape index (κ3) is 3.85. The summed E-state index contributed by atoms with van der Waals surface area (Å²) in [4.78, 5) is 31.4. The second-order valence-corrected chi connectivity index (χ2v) is 6.47. The van der Waals surface area contributed by atoms with Crippen LogP contribution in [-0.2, 0) is 17.8 Å². The number of carbonyl (C=O) groups excluding carboxylic acids is 1. The van der Waals surface area contributed by atoms with Crippen LogP contribution in [0.4, 0.5) is 0 Å². The van der Waals surface area contributed by atoms with Crippen LogP contribution in [0.15, 0.2) is 56.4 Å². The number of aryl methyl sites for hydroxylation is 2. The summed E-state index contributed by atoms with van der Waals surface area (Å²) in [6.45, 7) is 2.29. The minimum absolute atomic E-state index is 0.157. The lowest BCUT2D eigenvalue weighted by atomic mass is 10.1. The fourth-order valence-corrected chi connectivity index (χ4v) is 2.85. The molecule has 0 saturated heterocycles. The number of hydrogen-bond acceptors (Lipinski definition) is 6. The monoisotopic (exact) mass is 378 g/mol. The van der Waals surface area contributed by atoms with E-state index >= 15 is 0 Å². The van der Waals surface area contributed by atoms with E-state index in [9.17, 15) is 9.59 Å². The highest BCUT2D eigenvalue weighted by molar-refractivity contribution is 5.82. The van der Waals surface area contributed by atoms with Crippen molar-refractivity contribution in [3.05, 3.63) is 70.2 Å². The Morgan fingerprint density at radius 2 is 2.14 bits per heavy atom. The maximum Gasteiger partial charge on any atom is 0.259 e. The van der Waals surface area contributed by atoms with Gasteiger partial charge in [-0.15, -0.1) is 0 Å². The number of aromatic nitrogens is 3. The van der Waals surface area contributed by atoms with Crippen LogP contribution in [0.2, 0.25) is 0 Å². The number of pyridine rings is 1. The summed E-state index contributed by atoms with van der Waals surface area (Å²) in [6, 6.07) is 11.1. The Morgan fingerprint density at radius 3 is 2.96 bits per heavy atom. The maximum absolute atomic E-state index is 12.4. The number of hydrogen-bond donors (Lipinski definition) is 2. The first-order chi connectivity index (χ1) is 13.6. The zero-order valence-corrected chi connectivity index (χ0v) is 15.2. The largest absolute Gasteiger partial charge is 0.467 e. The van der Waals surface area contributed by atoms with Gasteiger partial charge >= 0.3 is 0 Å². The standard InChI is InChI=1S/C20H18N4O4/c1-12-4-5-13-10-15(20(26)22-16(13)9-12)19-23-18(28-24-19)7-6-17(25)21-11-14-3-2-8-27-14/h2-5,8-10H,6-7,11H2,1H3,(H,21,25)(H,22,26). The molecule has 0 radical (unpaired) electrons. The van der Waals surface area contributed by atoms with Gasteiger partial charge in [-0.25, -0.2) is 0 Å². The summed E-state index contributed by atoms with van der Waals surface area (Å²) in [5, 5.41) is 7.51. The lowest BCUT2D eigenvalue weighted by molar-refractivity contribution is -0.121. The van der Waals surface area contributed by atoms with Crippen LogP contribution < -0.4 is 10.9 Å². The molecule has 4 aromatic rings. The highest BCUT2D eigenvalue weighted by Crippen LogP contribution is 2.18. The third-order valence-corrected chi connectivity index (χ3v) is 4.32. The SMILES string of the molecule is Cc1ccc2cc(-c3noc(CCC(=O)NCc4ccco4)n3)c(=O)[nH]c2c1. The molecule has 8 heteroatoms. The van der Waals surface area contributed by atoms with Crippen LogP contribution in [0.25, 0.3) is 22.3 Å². The number of nitrogens with zero attached hydrogens (tertiary/aromatic N) is 2. The van der Waals surface area contributed by atoms with E-state index in [-0.39, 0.29) is 30.1 Å². The minimum Gasteiger partial charge on any atom is -0.467 e. The van der Waals surface area contributed by atoms with Crippen molar-refractivity contribution in [3.63, 3.8) is 0 Å². The average molecular weight is 378 g/mol. The molecule has 4 rings (SSSR count). The quantitative estimate of drug-likeness (QED) is 0.533. The van der Waals surface area contributed by atoms with Crippen molar-refractivity contribution in [1.82, 2.24) is 20.4 Å². The number of fused-ring (bicyclic) bond motifs is 1. The van der Waals surface area contributed by atoms with Crippen molar-refractivity contribution in [2.45, 2.75) is 26.3 Å². The molecule has 0 aliphatic rings. The number of aromatic amines is 1. The molecule has 1 amide bonds. The van der Waals surface area contributed by atoms with Crippen molar-refractivity contribution in [3.8, 4) is 11.4 Å². The highest BCUT2D eigenvalue weighted by atomic mass is 16.5. The van der Waals surface area contributed by atoms with Gasteiger partial charge in [0.15, 0.2) is 0 Å². The third-order valence-electron chi connectivity index (χ3n) is 4.32. The number of furan rings is 1. The minimum atomic E-state index is -0.290. The van der Waals surface area contributed by atoms with E-state index in [2.05, 4.69) is 20.4 Å². The second kappa shape index (κ2) is 7.51. The van der Waals surface area contributed by atoms with E-state index in [1.165, 1.54) is 0 Å². The maximum atomic E-state index is 12.4. The molecule has 3 aromatic heterocycles. The second-order valence-electron chi connectivity index (χ2n) is 6.47. The fraction of sp³-hybridized carbons (Fsp3) is 0.200. The van der Waals surface area contributed by atoms with Crippen LogP contribution in [-0.4, -0.2) is 21.0 Å². The molecule has 0 unspecified atom stereocenters. The van der Waals surface area contributed by atoms with Gasteiger partial charge in [-0.2, -0.15) is 4.98 Å². The van der Waals surface area contributed by atoms with E-state index in [4.69, 9.17) is 8.94 Å². The Morgan fingerprint density at radius 1 is 1.25 bits per heavy atom. The van der Waals surface area contributed by atoms with Gasteiger partial charge in [0.1, 0.15) is 5.76 Å². The van der Waals surface area contributed by atoms with Crippen LogP contribution in [0.3, 0.4) is 0 Å². The van der Waals surface area contributed by atoms with Crippen molar-refractivity contribution in [2.75, 3.05) is 0 Å². The molecule has 0 atom stereocenters. The van der Waals surface area contributed by atoms with Gasteiger partial charge in [0.05, 0.1) is 18.4 Å². The van der Waals surface area contributed by atoms with Crippen LogP contribution >= 0.6 is 0 Å². The van der Waals surface area contributed by atoms with E-state index in [0.29, 0.717) is 23.8 Å². The van der Waals surface area contributed by atoms with Gasteiger partial charge in [-0.05, 0) is 42.1 Å². The van der Waals surface area contributed by atoms with Gasteiger partial charge in [-0.3, -0.25) is 9.59 Å². The number of carbonyl (C=O) groups is 1. The van der Waals surface area contributed by atoms with E-state index in [0.717, 1.165) is 16.5 Å². The molecule has 2 N–H and O–H groups in total. The number of nitrogens with one attached hydrogen (secondary N) is 2. The number of benzene rings is 1. The molecule has 3 heterocycles. The number of H-pyrrole nitrogens is 1. The molecule has 1 aromatic carbocycles. The molecule has 8 nitrogen and oxygen atoms in total. The van der Waals surface area contributed by atoms with Crippen LogP contribution in [0.1, 0.15) is 23.6 Å².